The van der Waals surface area contributed by atoms with E-state index in [9.17, 15) is 4.79 Å². The Kier molecular flexibility index (Phi) is 4.37. The number of carbonyl (C=O) groups excluding carboxylic acids is 1. The van der Waals surface area contributed by atoms with Crippen molar-refractivity contribution in [3.63, 3.8) is 0 Å². The van der Waals surface area contributed by atoms with Crippen LogP contribution in [0, 0.1) is 11.8 Å². The lowest BCUT2D eigenvalue weighted by atomic mass is 10.1. The summed E-state index contributed by atoms with van der Waals surface area (Å²) in [6.45, 7) is 5.72. The molecule has 0 heterocycles. The number of anilines is 1. The molecule has 0 radical (unpaired) electrons. The van der Waals surface area contributed by atoms with E-state index in [2.05, 4.69) is 23.6 Å². The molecule has 0 spiro atoms. The first kappa shape index (κ1) is 13.1. The van der Waals surface area contributed by atoms with Crippen molar-refractivity contribution in [2.24, 2.45) is 11.8 Å². The molecule has 18 heavy (non-hydrogen) atoms. The highest BCUT2D eigenvalue weighted by Crippen LogP contribution is 2.36. The lowest BCUT2D eigenvalue weighted by Crippen LogP contribution is -2.22. The van der Waals surface area contributed by atoms with Gasteiger partial charge in [0.1, 0.15) is 0 Å². The van der Waals surface area contributed by atoms with Gasteiger partial charge in [0.25, 0.3) is 0 Å². The van der Waals surface area contributed by atoms with Crippen molar-refractivity contribution in [1.29, 1.82) is 0 Å². The highest BCUT2D eigenvalue weighted by atomic mass is 16.1. The number of nitrogens with one attached hydrogen (secondary N) is 2. The summed E-state index contributed by atoms with van der Waals surface area (Å²) < 4.78 is 0. The van der Waals surface area contributed by atoms with Crippen LogP contribution in [0.25, 0.3) is 0 Å². The maximum atomic E-state index is 11.1. The minimum atomic E-state index is -0.0196. The summed E-state index contributed by atoms with van der Waals surface area (Å²) in [7, 11) is 0. The van der Waals surface area contributed by atoms with Crippen LogP contribution in [0.3, 0.4) is 0 Å². The minimum absolute atomic E-state index is 0.0196. The third kappa shape index (κ3) is 3.84. The topological polar surface area (TPSA) is 41.1 Å². The average molecular weight is 246 g/mol. The molecule has 1 atom stereocenters. The van der Waals surface area contributed by atoms with Gasteiger partial charge in [0.2, 0.25) is 5.91 Å². The van der Waals surface area contributed by atoms with Gasteiger partial charge in [0.15, 0.2) is 0 Å². The van der Waals surface area contributed by atoms with Gasteiger partial charge < -0.3 is 10.6 Å². The van der Waals surface area contributed by atoms with E-state index in [0.717, 1.165) is 36.2 Å². The molecule has 1 aliphatic carbocycles. The maximum absolute atomic E-state index is 11.1. The molecule has 1 fully saturated rings. The summed E-state index contributed by atoms with van der Waals surface area (Å²) in [6, 6.07) is 7.96. The Morgan fingerprint density at radius 3 is 2.78 bits per heavy atom. The van der Waals surface area contributed by atoms with Crippen molar-refractivity contribution in [3.05, 3.63) is 29.8 Å². The number of amides is 1. The molecule has 3 heteroatoms. The Morgan fingerprint density at radius 2 is 2.11 bits per heavy atom. The largest absolute Gasteiger partial charge is 0.326 e. The fourth-order valence-corrected chi connectivity index (χ4v) is 2.25. The number of rotatable bonds is 6. The molecular formula is C15H22N2O. The molecular weight excluding hydrogens is 224 g/mol. The molecule has 1 aromatic carbocycles. The van der Waals surface area contributed by atoms with Crippen LogP contribution in [0.2, 0.25) is 0 Å². The summed E-state index contributed by atoms with van der Waals surface area (Å²) in [5.41, 5.74) is 2.06. The van der Waals surface area contributed by atoms with Crippen molar-refractivity contribution in [2.45, 2.75) is 33.2 Å². The van der Waals surface area contributed by atoms with Crippen LogP contribution in [-0.2, 0) is 11.3 Å². The third-order valence-corrected chi connectivity index (χ3v) is 3.54. The summed E-state index contributed by atoms with van der Waals surface area (Å²) in [5.74, 6) is 1.68. The number of para-hydroxylation sites is 1. The zero-order valence-corrected chi connectivity index (χ0v) is 11.2. The lowest BCUT2D eigenvalue weighted by molar-refractivity contribution is -0.114. The van der Waals surface area contributed by atoms with E-state index in [0.29, 0.717) is 0 Å². The highest BCUT2D eigenvalue weighted by Gasteiger charge is 2.27. The summed E-state index contributed by atoms with van der Waals surface area (Å²) >= 11 is 0. The van der Waals surface area contributed by atoms with Crippen molar-refractivity contribution < 1.29 is 4.79 Å². The fourth-order valence-electron chi connectivity index (χ4n) is 2.25. The van der Waals surface area contributed by atoms with E-state index in [1.54, 1.807) is 6.92 Å². The standard InChI is InChI=1S/C15H22N2O/c1-11(13-7-8-13)9-16-10-14-5-3-4-6-15(14)17-12(2)18/h3-6,11,13,16H,7-10H2,1-2H3,(H,17,18). The lowest BCUT2D eigenvalue weighted by Gasteiger charge is -2.14. The Hall–Kier alpha value is -1.35. The molecule has 3 nitrogen and oxygen atoms in total. The van der Waals surface area contributed by atoms with Gasteiger partial charge in [-0.25, -0.2) is 0 Å². The highest BCUT2D eigenvalue weighted by molar-refractivity contribution is 5.89. The van der Waals surface area contributed by atoms with E-state index < -0.39 is 0 Å². The fraction of sp³-hybridized carbons (Fsp3) is 0.533. The van der Waals surface area contributed by atoms with Gasteiger partial charge in [-0.3, -0.25) is 4.79 Å². The van der Waals surface area contributed by atoms with Gasteiger partial charge in [-0.15, -0.1) is 0 Å². The predicted octanol–water partition coefficient (Wildman–Crippen LogP) is 2.78. The van der Waals surface area contributed by atoms with Gasteiger partial charge in [0, 0.05) is 19.2 Å². The summed E-state index contributed by atoms with van der Waals surface area (Å²) in [5, 5.41) is 6.35. The Labute approximate surface area is 109 Å². The molecule has 1 aliphatic rings. The van der Waals surface area contributed by atoms with Gasteiger partial charge in [-0.2, -0.15) is 0 Å². The van der Waals surface area contributed by atoms with E-state index in [-0.39, 0.29) is 5.91 Å². The molecule has 0 aromatic heterocycles. The van der Waals surface area contributed by atoms with Gasteiger partial charge in [-0.05, 0) is 42.9 Å². The third-order valence-electron chi connectivity index (χ3n) is 3.54. The monoisotopic (exact) mass is 246 g/mol. The molecule has 1 aromatic rings. The van der Waals surface area contributed by atoms with Crippen LogP contribution in [-0.4, -0.2) is 12.5 Å². The summed E-state index contributed by atoms with van der Waals surface area (Å²) in [6.07, 6.45) is 2.79. The second kappa shape index (κ2) is 6.01. The zero-order valence-electron chi connectivity index (χ0n) is 11.2. The Morgan fingerprint density at radius 1 is 1.39 bits per heavy atom. The molecule has 1 saturated carbocycles. The van der Waals surface area contributed by atoms with E-state index in [1.165, 1.54) is 12.8 Å². The number of hydrogen-bond acceptors (Lipinski definition) is 2. The second-order valence-corrected chi connectivity index (χ2v) is 5.28. The first-order chi connectivity index (χ1) is 8.66. The SMILES string of the molecule is CC(=O)Nc1ccccc1CNCC(C)C1CC1. The van der Waals surface area contributed by atoms with Crippen molar-refractivity contribution in [2.75, 3.05) is 11.9 Å². The molecule has 98 valence electrons. The molecule has 0 bridgehead atoms. The zero-order chi connectivity index (χ0) is 13.0. The maximum Gasteiger partial charge on any atom is 0.221 e. The van der Waals surface area contributed by atoms with Gasteiger partial charge in [0.05, 0.1) is 0 Å². The van der Waals surface area contributed by atoms with Gasteiger partial charge >= 0.3 is 0 Å². The van der Waals surface area contributed by atoms with Gasteiger partial charge in [-0.1, -0.05) is 25.1 Å². The van der Waals surface area contributed by atoms with Crippen LogP contribution in [0.1, 0.15) is 32.3 Å². The van der Waals surface area contributed by atoms with Crippen LogP contribution in [0.15, 0.2) is 24.3 Å². The van der Waals surface area contributed by atoms with Crippen LogP contribution in [0.5, 0.6) is 0 Å². The van der Waals surface area contributed by atoms with Crippen LogP contribution < -0.4 is 10.6 Å². The van der Waals surface area contributed by atoms with Crippen LogP contribution >= 0.6 is 0 Å². The van der Waals surface area contributed by atoms with Crippen molar-refractivity contribution in [1.82, 2.24) is 5.32 Å². The molecule has 1 amide bonds. The molecule has 0 aliphatic heterocycles. The van der Waals surface area contributed by atoms with Crippen molar-refractivity contribution >= 4 is 11.6 Å². The Balaban J connectivity index is 1.85. The quantitative estimate of drug-likeness (QED) is 0.810. The average Bonchev–Trinajstić information content (AvgIpc) is 3.14. The molecule has 2 rings (SSSR count). The number of carbonyl (C=O) groups is 1. The van der Waals surface area contributed by atoms with E-state index >= 15 is 0 Å². The predicted molar refractivity (Wildman–Crippen MR) is 74.3 cm³/mol. The first-order valence-electron chi connectivity index (χ1n) is 6.73. The van der Waals surface area contributed by atoms with E-state index in [4.69, 9.17) is 0 Å². The number of benzene rings is 1. The Bertz CT molecular complexity index is 413. The first-order valence-corrected chi connectivity index (χ1v) is 6.73. The second-order valence-electron chi connectivity index (χ2n) is 5.28. The molecule has 2 N–H and O–H groups in total. The van der Waals surface area contributed by atoms with E-state index in [1.807, 2.05) is 18.2 Å². The van der Waals surface area contributed by atoms with Crippen LogP contribution in [0.4, 0.5) is 5.69 Å². The molecule has 0 saturated heterocycles. The normalized spacial score (nSPS) is 16.3. The minimum Gasteiger partial charge on any atom is -0.326 e. The number of hydrogen-bond donors (Lipinski definition) is 2. The van der Waals surface area contributed by atoms with Crippen molar-refractivity contribution in [3.8, 4) is 0 Å². The molecule has 1 unspecified atom stereocenters. The summed E-state index contributed by atoms with van der Waals surface area (Å²) in [4.78, 5) is 11.1. The smallest absolute Gasteiger partial charge is 0.221 e.